The summed E-state index contributed by atoms with van der Waals surface area (Å²) < 4.78 is 0. The second-order valence-electron chi connectivity index (χ2n) is 6.91. The molecule has 1 atom stereocenters. The van der Waals surface area contributed by atoms with Crippen LogP contribution in [-0.2, 0) is 9.59 Å². The Bertz CT molecular complexity index is 589. The summed E-state index contributed by atoms with van der Waals surface area (Å²) >= 11 is 0. The molecule has 4 N–H and O–H groups in total. The molecular formula is C16H24N6O2. The van der Waals surface area contributed by atoms with Crippen molar-refractivity contribution in [2.75, 3.05) is 26.2 Å². The van der Waals surface area contributed by atoms with Crippen molar-refractivity contribution in [3.63, 3.8) is 0 Å². The number of rotatable bonds is 3. The number of ketones is 1. The van der Waals surface area contributed by atoms with E-state index in [4.69, 9.17) is 22.0 Å². The van der Waals surface area contributed by atoms with Gasteiger partial charge in [-0.25, -0.2) is 0 Å². The van der Waals surface area contributed by atoms with Crippen LogP contribution in [0.25, 0.3) is 0 Å². The van der Waals surface area contributed by atoms with Crippen LogP contribution < -0.4 is 11.5 Å². The van der Waals surface area contributed by atoms with Crippen LogP contribution in [0.2, 0.25) is 0 Å². The van der Waals surface area contributed by atoms with Gasteiger partial charge in [0.2, 0.25) is 5.91 Å². The Morgan fingerprint density at radius 1 is 0.958 bits per heavy atom. The quantitative estimate of drug-likeness (QED) is 0.638. The van der Waals surface area contributed by atoms with Gasteiger partial charge in [-0.15, -0.1) is 0 Å². The minimum absolute atomic E-state index is 0.216. The fraction of sp³-hybridized carbons (Fsp3) is 0.750. The SMILES string of the molecule is CC(=O)C(C(=O)N1CCC(N)(C#N)CC1)N1CCC(N)(C#N)CC1. The number of amides is 1. The third-order valence-corrected chi connectivity index (χ3v) is 5.09. The molecule has 0 aliphatic carbocycles. The molecule has 0 spiro atoms. The second kappa shape index (κ2) is 6.86. The van der Waals surface area contributed by atoms with Crippen molar-refractivity contribution in [3.8, 4) is 12.1 Å². The zero-order chi connectivity index (χ0) is 18.0. The van der Waals surface area contributed by atoms with E-state index < -0.39 is 17.1 Å². The van der Waals surface area contributed by atoms with E-state index in [1.807, 2.05) is 4.90 Å². The highest BCUT2D eigenvalue weighted by atomic mass is 16.2. The van der Waals surface area contributed by atoms with Gasteiger partial charge in [0.05, 0.1) is 12.1 Å². The van der Waals surface area contributed by atoms with Gasteiger partial charge in [-0.2, -0.15) is 10.5 Å². The molecular weight excluding hydrogens is 308 g/mol. The zero-order valence-electron chi connectivity index (χ0n) is 14.0. The molecule has 1 unspecified atom stereocenters. The highest BCUT2D eigenvalue weighted by Gasteiger charge is 2.41. The summed E-state index contributed by atoms with van der Waals surface area (Å²) in [6.45, 7) is 3.03. The molecule has 0 saturated carbocycles. The molecule has 2 aliphatic heterocycles. The number of likely N-dealkylation sites (tertiary alicyclic amines) is 2. The van der Waals surface area contributed by atoms with Crippen molar-refractivity contribution in [2.24, 2.45) is 11.5 Å². The molecule has 0 aromatic rings. The molecule has 1 amide bonds. The topological polar surface area (TPSA) is 140 Å². The molecule has 2 rings (SSSR count). The fourth-order valence-corrected chi connectivity index (χ4v) is 3.29. The predicted octanol–water partition coefficient (Wildman–Crippen LogP) is -0.896. The fourth-order valence-electron chi connectivity index (χ4n) is 3.29. The van der Waals surface area contributed by atoms with Crippen molar-refractivity contribution < 1.29 is 9.59 Å². The van der Waals surface area contributed by atoms with Crippen molar-refractivity contribution >= 4 is 11.7 Å². The third-order valence-electron chi connectivity index (χ3n) is 5.09. The Hall–Kier alpha value is -2.00. The average molecular weight is 332 g/mol. The van der Waals surface area contributed by atoms with Gasteiger partial charge in [0.15, 0.2) is 5.78 Å². The molecule has 8 nitrogen and oxygen atoms in total. The lowest BCUT2D eigenvalue weighted by Crippen LogP contribution is -2.60. The number of hydrogen-bond acceptors (Lipinski definition) is 7. The van der Waals surface area contributed by atoms with Gasteiger partial charge in [-0.1, -0.05) is 0 Å². The normalized spacial score (nSPS) is 24.5. The summed E-state index contributed by atoms with van der Waals surface area (Å²) in [5.74, 6) is -0.463. The lowest BCUT2D eigenvalue weighted by atomic mass is 9.88. The standard InChI is InChI=1S/C16H24N6O2/c1-12(23)13(21-6-2-15(19,10-17)3-7-21)14(24)22-8-4-16(20,11-18)5-9-22/h13H,2-9,19-20H2,1H3. The smallest absolute Gasteiger partial charge is 0.247 e. The largest absolute Gasteiger partial charge is 0.341 e. The van der Waals surface area contributed by atoms with Gasteiger partial charge in [-0.3, -0.25) is 14.5 Å². The number of carbonyl (C=O) groups is 2. The van der Waals surface area contributed by atoms with E-state index in [2.05, 4.69) is 12.1 Å². The van der Waals surface area contributed by atoms with E-state index in [0.717, 1.165) is 0 Å². The van der Waals surface area contributed by atoms with Crippen molar-refractivity contribution in [2.45, 2.75) is 49.7 Å². The van der Waals surface area contributed by atoms with Crippen molar-refractivity contribution in [3.05, 3.63) is 0 Å². The second-order valence-corrected chi connectivity index (χ2v) is 6.91. The number of hydrogen-bond donors (Lipinski definition) is 2. The van der Waals surface area contributed by atoms with Crippen LogP contribution in [-0.4, -0.2) is 64.8 Å². The summed E-state index contributed by atoms with van der Waals surface area (Å²) in [6, 6.07) is 3.35. The maximum Gasteiger partial charge on any atom is 0.247 e. The Kier molecular flexibility index (Phi) is 5.24. The highest BCUT2D eigenvalue weighted by Crippen LogP contribution is 2.24. The first kappa shape index (κ1) is 18.3. The van der Waals surface area contributed by atoms with Gasteiger partial charge < -0.3 is 16.4 Å². The van der Waals surface area contributed by atoms with Gasteiger partial charge in [0, 0.05) is 26.2 Å². The van der Waals surface area contributed by atoms with E-state index >= 15 is 0 Å². The molecule has 2 aliphatic rings. The van der Waals surface area contributed by atoms with E-state index in [1.54, 1.807) is 4.90 Å². The molecule has 2 saturated heterocycles. The Morgan fingerprint density at radius 3 is 1.75 bits per heavy atom. The summed E-state index contributed by atoms with van der Waals surface area (Å²) in [5.41, 5.74) is 10.1. The molecule has 0 aromatic heterocycles. The maximum atomic E-state index is 12.8. The Labute approximate surface area is 142 Å². The molecule has 24 heavy (non-hydrogen) atoms. The molecule has 0 aromatic carbocycles. The van der Waals surface area contributed by atoms with Crippen LogP contribution in [0, 0.1) is 22.7 Å². The molecule has 8 heteroatoms. The molecule has 0 radical (unpaired) electrons. The van der Waals surface area contributed by atoms with Crippen LogP contribution in [0.4, 0.5) is 0 Å². The predicted molar refractivity (Wildman–Crippen MR) is 86.2 cm³/mol. The number of carbonyl (C=O) groups excluding carboxylic acids is 2. The first-order valence-electron chi connectivity index (χ1n) is 8.17. The molecule has 130 valence electrons. The number of nitrogens with two attached hydrogens (primary N) is 2. The van der Waals surface area contributed by atoms with E-state index in [9.17, 15) is 9.59 Å². The number of nitriles is 2. The maximum absolute atomic E-state index is 12.8. The number of Topliss-reactive ketones (excluding diaryl/α,β-unsaturated/α-hetero) is 1. The van der Waals surface area contributed by atoms with Crippen molar-refractivity contribution in [1.82, 2.24) is 9.80 Å². The third kappa shape index (κ3) is 3.73. The van der Waals surface area contributed by atoms with Crippen LogP contribution in [0.3, 0.4) is 0 Å². The number of nitrogens with zero attached hydrogens (tertiary/aromatic N) is 4. The van der Waals surface area contributed by atoms with Crippen molar-refractivity contribution in [1.29, 1.82) is 10.5 Å². The van der Waals surface area contributed by atoms with Crippen LogP contribution >= 0.6 is 0 Å². The molecule has 2 fully saturated rings. The minimum Gasteiger partial charge on any atom is -0.341 e. The number of piperidine rings is 2. The van der Waals surface area contributed by atoms with E-state index in [-0.39, 0.29) is 11.7 Å². The van der Waals surface area contributed by atoms with E-state index in [1.165, 1.54) is 6.92 Å². The monoisotopic (exact) mass is 332 g/mol. The first-order valence-corrected chi connectivity index (χ1v) is 8.17. The minimum atomic E-state index is -0.889. The van der Waals surface area contributed by atoms with Gasteiger partial charge >= 0.3 is 0 Å². The summed E-state index contributed by atoms with van der Waals surface area (Å²) in [4.78, 5) is 28.3. The Balaban J connectivity index is 2.04. The van der Waals surface area contributed by atoms with Crippen LogP contribution in [0.1, 0.15) is 32.6 Å². The highest BCUT2D eigenvalue weighted by molar-refractivity contribution is 6.04. The van der Waals surface area contributed by atoms with Gasteiger partial charge in [0.25, 0.3) is 0 Å². The summed E-state index contributed by atoms with van der Waals surface area (Å²) in [6.07, 6.45) is 1.67. The molecule has 0 bridgehead atoms. The summed E-state index contributed by atoms with van der Waals surface area (Å²) in [7, 11) is 0. The average Bonchev–Trinajstić information content (AvgIpc) is 2.57. The summed E-state index contributed by atoms with van der Waals surface area (Å²) in [5, 5.41) is 18.2. The van der Waals surface area contributed by atoms with Crippen LogP contribution in [0.5, 0.6) is 0 Å². The van der Waals surface area contributed by atoms with Crippen LogP contribution in [0.15, 0.2) is 0 Å². The zero-order valence-corrected chi connectivity index (χ0v) is 14.0. The molecule has 2 heterocycles. The Morgan fingerprint density at radius 2 is 1.38 bits per heavy atom. The lowest BCUT2D eigenvalue weighted by molar-refractivity contribution is -0.144. The van der Waals surface area contributed by atoms with E-state index in [0.29, 0.717) is 51.9 Å². The van der Waals surface area contributed by atoms with Gasteiger partial charge in [-0.05, 0) is 32.6 Å². The van der Waals surface area contributed by atoms with Gasteiger partial charge in [0.1, 0.15) is 17.1 Å². The first-order chi connectivity index (χ1) is 11.2. The lowest BCUT2D eigenvalue weighted by Gasteiger charge is -2.41.